The molecule has 2 fully saturated rings. The zero-order valence-corrected chi connectivity index (χ0v) is 11.8. The highest BCUT2D eigenvalue weighted by atomic mass is 16.4. The predicted molar refractivity (Wildman–Crippen MR) is 71.9 cm³/mol. The van der Waals surface area contributed by atoms with Gasteiger partial charge in [0.15, 0.2) is 0 Å². The van der Waals surface area contributed by atoms with E-state index in [2.05, 4.69) is 5.32 Å². The summed E-state index contributed by atoms with van der Waals surface area (Å²) in [5.74, 6) is -1.55. The molecule has 2 saturated heterocycles. The minimum absolute atomic E-state index is 0.0401. The SMILES string of the molecule is CC1CCC(C(=O)O)CN1C(=O)C1CCCCC(=O)N1. The van der Waals surface area contributed by atoms with Gasteiger partial charge >= 0.3 is 5.97 Å². The van der Waals surface area contributed by atoms with Crippen LogP contribution in [-0.4, -0.2) is 46.4 Å². The lowest BCUT2D eigenvalue weighted by molar-refractivity contribution is -0.148. The summed E-state index contributed by atoms with van der Waals surface area (Å²) in [6, 6.07) is -0.446. The second-order valence-corrected chi connectivity index (χ2v) is 5.82. The number of carbonyl (C=O) groups excluding carboxylic acids is 2. The second-order valence-electron chi connectivity index (χ2n) is 5.82. The zero-order chi connectivity index (χ0) is 14.7. The molecule has 0 aliphatic carbocycles. The van der Waals surface area contributed by atoms with Gasteiger partial charge in [0.2, 0.25) is 11.8 Å². The van der Waals surface area contributed by atoms with E-state index >= 15 is 0 Å². The van der Waals surface area contributed by atoms with Gasteiger partial charge in [-0.3, -0.25) is 14.4 Å². The molecule has 6 heteroatoms. The Kier molecular flexibility index (Phi) is 4.62. The summed E-state index contributed by atoms with van der Waals surface area (Å²) >= 11 is 0. The number of nitrogens with one attached hydrogen (secondary N) is 1. The molecule has 0 saturated carbocycles. The molecule has 0 aromatic carbocycles. The predicted octanol–water partition coefficient (Wildman–Crippen LogP) is 0.757. The smallest absolute Gasteiger partial charge is 0.308 e. The minimum atomic E-state index is -0.848. The second kappa shape index (κ2) is 6.24. The highest BCUT2D eigenvalue weighted by molar-refractivity contribution is 5.88. The Hall–Kier alpha value is -1.59. The molecular formula is C14H22N2O4. The molecule has 0 aromatic rings. The van der Waals surface area contributed by atoms with Gasteiger partial charge in [0.25, 0.3) is 0 Å². The largest absolute Gasteiger partial charge is 0.481 e. The summed E-state index contributed by atoms with van der Waals surface area (Å²) in [5.41, 5.74) is 0. The maximum absolute atomic E-state index is 12.5. The fraction of sp³-hybridized carbons (Fsp3) is 0.786. The van der Waals surface area contributed by atoms with Crippen LogP contribution in [0.25, 0.3) is 0 Å². The van der Waals surface area contributed by atoms with Crippen molar-refractivity contribution in [3.8, 4) is 0 Å². The molecule has 2 aliphatic heterocycles. The van der Waals surface area contributed by atoms with Gasteiger partial charge in [0, 0.05) is 19.0 Å². The lowest BCUT2D eigenvalue weighted by Crippen LogP contribution is -2.54. The number of carbonyl (C=O) groups is 3. The van der Waals surface area contributed by atoms with Crippen molar-refractivity contribution >= 4 is 17.8 Å². The van der Waals surface area contributed by atoms with Crippen molar-refractivity contribution in [2.24, 2.45) is 5.92 Å². The summed E-state index contributed by atoms with van der Waals surface area (Å²) in [6.45, 7) is 2.19. The summed E-state index contributed by atoms with van der Waals surface area (Å²) in [6.07, 6.45) is 4.08. The van der Waals surface area contributed by atoms with Crippen molar-refractivity contribution in [3.63, 3.8) is 0 Å². The number of carboxylic acids is 1. The molecule has 2 N–H and O–H groups in total. The van der Waals surface area contributed by atoms with E-state index in [1.807, 2.05) is 6.92 Å². The maximum Gasteiger partial charge on any atom is 0.308 e. The van der Waals surface area contributed by atoms with Crippen LogP contribution in [0, 0.1) is 5.92 Å². The lowest BCUT2D eigenvalue weighted by atomic mass is 9.92. The van der Waals surface area contributed by atoms with E-state index in [9.17, 15) is 14.4 Å². The van der Waals surface area contributed by atoms with E-state index in [4.69, 9.17) is 5.11 Å². The van der Waals surface area contributed by atoms with Crippen LogP contribution in [0.5, 0.6) is 0 Å². The monoisotopic (exact) mass is 282 g/mol. The highest BCUT2D eigenvalue weighted by Gasteiger charge is 2.36. The van der Waals surface area contributed by atoms with Gasteiger partial charge in [-0.25, -0.2) is 0 Å². The normalized spacial score (nSPS) is 31.4. The molecule has 20 heavy (non-hydrogen) atoms. The standard InChI is InChI=1S/C14H22N2O4/c1-9-6-7-10(14(19)20)8-16(9)13(18)11-4-2-3-5-12(17)15-11/h9-11H,2-8H2,1H3,(H,15,17)(H,19,20). The van der Waals surface area contributed by atoms with Crippen LogP contribution in [-0.2, 0) is 14.4 Å². The molecule has 3 atom stereocenters. The Morgan fingerprint density at radius 1 is 1.25 bits per heavy atom. The number of hydrogen-bond acceptors (Lipinski definition) is 3. The molecule has 2 rings (SSSR count). The fourth-order valence-corrected chi connectivity index (χ4v) is 2.97. The van der Waals surface area contributed by atoms with E-state index < -0.39 is 17.9 Å². The molecule has 2 heterocycles. The quantitative estimate of drug-likeness (QED) is 0.782. The molecule has 2 aliphatic rings. The summed E-state index contributed by atoms with van der Waals surface area (Å²) < 4.78 is 0. The maximum atomic E-state index is 12.5. The minimum Gasteiger partial charge on any atom is -0.481 e. The van der Waals surface area contributed by atoms with Gasteiger partial charge in [-0.15, -0.1) is 0 Å². The topological polar surface area (TPSA) is 86.7 Å². The number of nitrogens with zero attached hydrogens (tertiary/aromatic N) is 1. The Morgan fingerprint density at radius 3 is 2.70 bits per heavy atom. The lowest BCUT2D eigenvalue weighted by Gasteiger charge is -2.38. The van der Waals surface area contributed by atoms with Crippen LogP contribution >= 0.6 is 0 Å². The van der Waals surface area contributed by atoms with E-state index in [1.54, 1.807) is 4.90 Å². The number of hydrogen-bond donors (Lipinski definition) is 2. The number of piperidine rings is 1. The molecule has 0 radical (unpaired) electrons. The highest BCUT2D eigenvalue weighted by Crippen LogP contribution is 2.24. The third-order valence-electron chi connectivity index (χ3n) is 4.29. The number of likely N-dealkylation sites (tertiary alicyclic amines) is 1. The van der Waals surface area contributed by atoms with Crippen LogP contribution in [0.2, 0.25) is 0 Å². The van der Waals surface area contributed by atoms with Gasteiger partial charge in [-0.2, -0.15) is 0 Å². The molecule has 112 valence electrons. The first-order valence-electron chi connectivity index (χ1n) is 7.31. The van der Waals surface area contributed by atoms with Crippen molar-refractivity contribution in [2.45, 2.75) is 57.5 Å². The zero-order valence-electron chi connectivity index (χ0n) is 11.8. The first-order valence-corrected chi connectivity index (χ1v) is 7.31. The van der Waals surface area contributed by atoms with Crippen LogP contribution in [0.1, 0.15) is 45.4 Å². The summed E-state index contributed by atoms with van der Waals surface area (Å²) in [5, 5.41) is 11.9. The molecule has 0 aromatic heterocycles. The molecule has 3 unspecified atom stereocenters. The van der Waals surface area contributed by atoms with Crippen LogP contribution in [0.4, 0.5) is 0 Å². The van der Waals surface area contributed by atoms with E-state index in [1.165, 1.54) is 0 Å². The van der Waals surface area contributed by atoms with Gasteiger partial charge < -0.3 is 15.3 Å². The summed E-state index contributed by atoms with van der Waals surface area (Å²) in [7, 11) is 0. The molecule has 6 nitrogen and oxygen atoms in total. The van der Waals surface area contributed by atoms with Crippen molar-refractivity contribution in [3.05, 3.63) is 0 Å². The molecule has 0 bridgehead atoms. The third-order valence-corrected chi connectivity index (χ3v) is 4.29. The Labute approximate surface area is 118 Å². The van der Waals surface area contributed by atoms with Gasteiger partial charge in [0.1, 0.15) is 6.04 Å². The Morgan fingerprint density at radius 2 is 2.00 bits per heavy atom. The van der Waals surface area contributed by atoms with Crippen molar-refractivity contribution in [1.82, 2.24) is 10.2 Å². The van der Waals surface area contributed by atoms with Crippen molar-refractivity contribution in [1.29, 1.82) is 0 Å². The third kappa shape index (κ3) is 3.29. The van der Waals surface area contributed by atoms with E-state index in [0.29, 0.717) is 25.7 Å². The Bertz CT molecular complexity index is 410. The first kappa shape index (κ1) is 14.8. The number of carboxylic acid groups (broad SMARTS) is 1. The van der Waals surface area contributed by atoms with Gasteiger partial charge in [-0.1, -0.05) is 6.42 Å². The van der Waals surface area contributed by atoms with Crippen LogP contribution in [0.3, 0.4) is 0 Å². The van der Waals surface area contributed by atoms with E-state index in [0.717, 1.165) is 12.8 Å². The summed E-state index contributed by atoms with van der Waals surface area (Å²) in [4.78, 5) is 36.8. The number of rotatable bonds is 2. The van der Waals surface area contributed by atoms with Gasteiger partial charge in [-0.05, 0) is 32.6 Å². The van der Waals surface area contributed by atoms with Crippen LogP contribution < -0.4 is 5.32 Å². The number of amides is 2. The average Bonchev–Trinajstić information content (AvgIpc) is 2.63. The first-order chi connectivity index (χ1) is 9.49. The van der Waals surface area contributed by atoms with Crippen molar-refractivity contribution < 1.29 is 19.5 Å². The Balaban J connectivity index is 2.05. The van der Waals surface area contributed by atoms with Crippen molar-refractivity contribution in [2.75, 3.05) is 6.54 Å². The molecule has 0 spiro atoms. The molecular weight excluding hydrogens is 260 g/mol. The van der Waals surface area contributed by atoms with E-state index in [-0.39, 0.29) is 24.4 Å². The fourth-order valence-electron chi connectivity index (χ4n) is 2.97. The average molecular weight is 282 g/mol. The molecule has 2 amide bonds. The van der Waals surface area contributed by atoms with Crippen LogP contribution in [0.15, 0.2) is 0 Å². The van der Waals surface area contributed by atoms with Gasteiger partial charge in [0.05, 0.1) is 5.92 Å². The number of aliphatic carboxylic acids is 1.